The Morgan fingerprint density at radius 2 is 1.56 bits per heavy atom. The molecule has 0 atom stereocenters. The molecule has 0 N–H and O–H groups in total. The molecule has 1 aliphatic carbocycles. The number of ether oxygens (including phenoxy) is 2. The van der Waals surface area contributed by atoms with Crippen molar-refractivity contribution in [2.24, 2.45) is 11.8 Å². The van der Waals surface area contributed by atoms with Crippen molar-refractivity contribution in [3.8, 4) is 11.5 Å². The van der Waals surface area contributed by atoms with Crippen LogP contribution in [0.4, 0.5) is 0 Å². The van der Waals surface area contributed by atoms with Gasteiger partial charge in [0.1, 0.15) is 17.3 Å². The predicted molar refractivity (Wildman–Crippen MR) is 102 cm³/mol. The maximum atomic E-state index is 11.4. The van der Waals surface area contributed by atoms with Crippen LogP contribution in [0.3, 0.4) is 0 Å². The van der Waals surface area contributed by atoms with Gasteiger partial charge >= 0.3 is 0 Å². The van der Waals surface area contributed by atoms with Crippen LogP contribution in [0, 0.1) is 11.8 Å². The number of hydrogen-bond acceptors (Lipinski definition) is 3. The van der Waals surface area contributed by atoms with E-state index in [2.05, 4.69) is 6.92 Å². The van der Waals surface area contributed by atoms with Gasteiger partial charge in [0, 0.05) is 12.8 Å². The molecule has 1 aromatic carbocycles. The van der Waals surface area contributed by atoms with Crippen LogP contribution in [0.1, 0.15) is 71.6 Å². The molecule has 3 nitrogen and oxygen atoms in total. The number of Topliss-reactive ketones (excluding diaryl/α,β-unsaturated/α-hetero) is 1. The normalized spacial score (nSPS) is 20.2. The first-order valence-corrected chi connectivity index (χ1v) is 10.1. The number of ketones is 1. The zero-order valence-corrected chi connectivity index (χ0v) is 16.0. The minimum absolute atomic E-state index is 0.410. The van der Waals surface area contributed by atoms with Crippen molar-refractivity contribution in [3.63, 3.8) is 0 Å². The van der Waals surface area contributed by atoms with Gasteiger partial charge in [-0.05, 0) is 61.8 Å². The lowest BCUT2D eigenvalue weighted by atomic mass is 9.80. The van der Waals surface area contributed by atoms with Gasteiger partial charge in [0.15, 0.2) is 0 Å². The van der Waals surface area contributed by atoms with Gasteiger partial charge < -0.3 is 9.47 Å². The predicted octanol–water partition coefficient (Wildman–Crippen LogP) is 5.81. The van der Waals surface area contributed by atoms with E-state index in [4.69, 9.17) is 9.47 Å². The van der Waals surface area contributed by atoms with Gasteiger partial charge in [0.25, 0.3) is 0 Å². The van der Waals surface area contributed by atoms with Crippen molar-refractivity contribution in [2.75, 3.05) is 13.2 Å². The van der Waals surface area contributed by atoms with E-state index in [1.54, 1.807) is 0 Å². The van der Waals surface area contributed by atoms with Crippen molar-refractivity contribution in [2.45, 2.75) is 71.6 Å². The molecule has 0 saturated heterocycles. The minimum atomic E-state index is 0.410. The standard InChI is InChI=1S/C22H34O3/c1-3-5-16-24-21-12-14-22(15-13-21)25-17-19-8-6-18(7-9-19)10-11-20(23)4-2/h12-15,18-19H,3-11,16-17H2,1-2H3/t18-,19-. The van der Waals surface area contributed by atoms with Gasteiger partial charge in [0.05, 0.1) is 13.2 Å². The van der Waals surface area contributed by atoms with E-state index in [1.165, 1.54) is 25.7 Å². The van der Waals surface area contributed by atoms with E-state index in [0.29, 0.717) is 18.1 Å². The molecule has 0 spiro atoms. The summed E-state index contributed by atoms with van der Waals surface area (Å²) in [6, 6.07) is 7.99. The summed E-state index contributed by atoms with van der Waals surface area (Å²) in [5.41, 5.74) is 0. The van der Waals surface area contributed by atoms with Gasteiger partial charge in [-0.2, -0.15) is 0 Å². The van der Waals surface area contributed by atoms with Crippen molar-refractivity contribution in [1.29, 1.82) is 0 Å². The highest BCUT2D eigenvalue weighted by Crippen LogP contribution is 2.32. The van der Waals surface area contributed by atoms with Gasteiger partial charge in [-0.15, -0.1) is 0 Å². The molecule has 25 heavy (non-hydrogen) atoms. The highest BCUT2D eigenvalue weighted by molar-refractivity contribution is 5.77. The summed E-state index contributed by atoms with van der Waals surface area (Å²) in [5.74, 6) is 3.65. The summed E-state index contributed by atoms with van der Waals surface area (Å²) in [7, 11) is 0. The Hall–Kier alpha value is -1.51. The number of rotatable bonds is 11. The quantitative estimate of drug-likeness (QED) is 0.474. The highest BCUT2D eigenvalue weighted by Gasteiger charge is 2.22. The molecule has 1 aliphatic rings. The molecular formula is C22H34O3. The zero-order chi connectivity index (χ0) is 17.9. The van der Waals surface area contributed by atoms with Crippen molar-refractivity contribution in [3.05, 3.63) is 24.3 Å². The van der Waals surface area contributed by atoms with Gasteiger partial charge in [-0.25, -0.2) is 0 Å². The van der Waals surface area contributed by atoms with Gasteiger partial charge in [0.2, 0.25) is 0 Å². The maximum absolute atomic E-state index is 11.4. The second-order valence-electron chi connectivity index (χ2n) is 7.30. The van der Waals surface area contributed by atoms with Crippen molar-refractivity contribution in [1.82, 2.24) is 0 Å². The van der Waals surface area contributed by atoms with E-state index < -0.39 is 0 Å². The first-order valence-electron chi connectivity index (χ1n) is 10.1. The molecule has 0 bridgehead atoms. The molecule has 3 heteroatoms. The number of benzene rings is 1. The van der Waals surface area contributed by atoms with E-state index in [-0.39, 0.29) is 0 Å². The molecule has 0 aromatic heterocycles. The number of carbonyl (C=O) groups is 1. The Bertz CT molecular complexity index is 486. The molecule has 140 valence electrons. The first-order chi connectivity index (χ1) is 12.2. The Morgan fingerprint density at radius 1 is 0.960 bits per heavy atom. The average Bonchev–Trinajstić information content (AvgIpc) is 2.66. The van der Waals surface area contributed by atoms with Crippen LogP contribution in [-0.2, 0) is 4.79 Å². The molecular weight excluding hydrogens is 312 g/mol. The fourth-order valence-electron chi connectivity index (χ4n) is 3.41. The van der Waals surface area contributed by atoms with E-state index in [9.17, 15) is 4.79 Å². The third kappa shape index (κ3) is 7.50. The molecule has 0 heterocycles. The zero-order valence-electron chi connectivity index (χ0n) is 16.0. The third-order valence-corrected chi connectivity index (χ3v) is 5.27. The fourth-order valence-corrected chi connectivity index (χ4v) is 3.41. The summed E-state index contributed by atoms with van der Waals surface area (Å²) >= 11 is 0. The van der Waals surface area contributed by atoms with Crippen LogP contribution >= 0.6 is 0 Å². The first kappa shape index (κ1) is 19.8. The van der Waals surface area contributed by atoms with Crippen LogP contribution in [-0.4, -0.2) is 19.0 Å². The smallest absolute Gasteiger partial charge is 0.132 e. The summed E-state index contributed by atoms with van der Waals surface area (Å²) in [6.07, 6.45) is 9.73. The summed E-state index contributed by atoms with van der Waals surface area (Å²) in [6.45, 7) is 5.71. The second kappa shape index (κ2) is 11.2. The minimum Gasteiger partial charge on any atom is -0.494 e. The molecule has 1 fully saturated rings. The molecule has 0 aliphatic heterocycles. The lowest BCUT2D eigenvalue weighted by molar-refractivity contribution is -0.119. The molecule has 0 radical (unpaired) electrons. The maximum Gasteiger partial charge on any atom is 0.132 e. The molecule has 0 unspecified atom stereocenters. The van der Waals surface area contributed by atoms with Crippen LogP contribution in [0.2, 0.25) is 0 Å². The lowest BCUT2D eigenvalue weighted by Crippen LogP contribution is -2.20. The topological polar surface area (TPSA) is 35.5 Å². The molecule has 0 amide bonds. The monoisotopic (exact) mass is 346 g/mol. The fraction of sp³-hybridized carbons (Fsp3) is 0.682. The van der Waals surface area contributed by atoms with E-state index in [0.717, 1.165) is 56.3 Å². The number of carbonyl (C=O) groups excluding carboxylic acids is 1. The number of hydrogen-bond donors (Lipinski definition) is 0. The van der Waals surface area contributed by atoms with Gasteiger partial charge in [-0.3, -0.25) is 4.79 Å². The Kier molecular flexibility index (Phi) is 8.85. The van der Waals surface area contributed by atoms with Gasteiger partial charge in [-0.1, -0.05) is 33.1 Å². The van der Waals surface area contributed by atoms with Crippen LogP contribution in [0.5, 0.6) is 11.5 Å². The van der Waals surface area contributed by atoms with E-state index >= 15 is 0 Å². The SMILES string of the molecule is CCCCOc1ccc(OC[C@H]2CC[C@H](CCC(=O)CC)CC2)cc1. The number of unbranched alkanes of at least 4 members (excludes halogenated alkanes) is 1. The highest BCUT2D eigenvalue weighted by atomic mass is 16.5. The van der Waals surface area contributed by atoms with E-state index in [1.807, 2.05) is 31.2 Å². The van der Waals surface area contributed by atoms with Crippen LogP contribution in [0.15, 0.2) is 24.3 Å². The second-order valence-corrected chi connectivity index (χ2v) is 7.30. The average molecular weight is 347 g/mol. The molecule has 2 rings (SSSR count). The van der Waals surface area contributed by atoms with Crippen molar-refractivity contribution < 1.29 is 14.3 Å². The molecule has 1 aromatic rings. The summed E-state index contributed by atoms with van der Waals surface area (Å²) in [4.78, 5) is 11.4. The summed E-state index contributed by atoms with van der Waals surface area (Å²) in [5, 5.41) is 0. The Morgan fingerprint density at radius 3 is 2.16 bits per heavy atom. The largest absolute Gasteiger partial charge is 0.494 e. The van der Waals surface area contributed by atoms with Crippen molar-refractivity contribution >= 4 is 5.78 Å². The van der Waals surface area contributed by atoms with Crippen LogP contribution in [0.25, 0.3) is 0 Å². The Balaban J connectivity index is 1.63. The Labute approximate surface area is 153 Å². The summed E-state index contributed by atoms with van der Waals surface area (Å²) < 4.78 is 11.6. The molecule has 1 saturated carbocycles. The third-order valence-electron chi connectivity index (χ3n) is 5.27. The van der Waals surface area contributed by atoms with Crippen LogP contribution < -0.4 is 9.47 Å². The lowest BCUT2D eigenvalue weighted by Gasteiger charge is -2.28.